The second-order valence-corrected chi connectivity index (χ2v) is 8.32. The van der Waals surface area contributed by atoms with Gasteiger partial charge >= 0.3 is 143 Å². The second-order valence-electron chi connectivity index (χ2n) is 3.90. The SMILES string of the molecule is O=C(NNC(=O)C(F)F)c1cnn2c(F)cc(S[CH2][Pb])cc12. The first-order valence-corrected chi connectivity index (χ1v) is 9.50. The number of amides is 2. The molecule has 0 saturated heterocycles. The Bertz CT molecular complexity index is 725. The Labute approximate surface area is 142 Å². The van der Waals surface area contributed by atoms with Gasteiger partial charge in [-0.2, -0.15) is 0 Å². The number of aromatic nitrogens is 2. The first-order valence-electron chi connectivity index (χ1n) is 5.77. The molecule has 2 aromatic rings. The summed E-state index contributed by atoms with van der Waals surface area (Å²) in [5.41, 5.74) is 3.55. The Morgan fingerprint density at radius 2 is 2.09 bits per heavy atom. The molecule has 0 unspecified atom stereocenters. The molecule has 2 N–H and O–H groups in total. The summed E-state index contributed by atoms with van der Waals surface area (Å²) < 4.78 is 39.7. The van der Waals surface area contributed by atoms with Gasteiger partial charge < -0.3 is 0 Å². The molecule has 0 atom stereocenters. The molecule has 115 valence electrons. The van der Waals surface area contributed by atoms with Crippen molar-refractivity contribution in [2.24, 2.45) is 0 Å². The van der Waals surface area contributed by atoms with Crippen molar-refractivity contribution in [1.29, 1.82) is 0 Å². The molecule has 11 heteroatoms. The topological polar surface area (TPSA) is 75.5 Å². The van der Waals surface area contributed by atoms with Crippen molar-refractivity contribution in [3.63, 3.8) is 0 Å². The number of carbonyl (C=O) groups is 2. The van der Waals surface area contributed by atoms with Crippen LogP contribution in [0.3, 0.4) is 0 Å². The second kappa shape index (κ2) is 7.30. The summed E-state index contributed by atoms with van der Waals surface area (Å²) in [5, 5.41) is 3.72. The number of hydrazine groups is 1. The van der Waals surface area contributed by atoms with Crippen LogP contribution in [0.1, 0.15) is 10.4 Å². The Morgan fingerprint density at radius 3 is 2.73 bits per heavy atom. The number of fused-ring (bicyclic) bond motifs is 1. The maximum atomic E-state index is 13.9. The summed E-state index contributed by atoms with van der Waals surface area (Å²) in [5.74, 6) is -3.15. The molecule has 3 radical (unpaired) electrons. The number of hydrogen-bond donors (Lipinski definition) is 2. The van der Waals surface area contributed by atoms with Gasteiger partial charge in [0.05, 0.1) is 0 Å². The fraction of sp³-hybridized carbons (Fsp3) is 0.182. The van der Waals surface area contributed by atoms with Gasteiger partial charge in [0.15, 0.2) is 0 Å². The molecule has 0 aliphatic carbocycles. The number of hydrogen-bond acceptors (Lipinski definition) is 4. The van der Waals surface area contributed by atoms with Gasteiger partial charge in [-0.05, 0) is 0 Å². The third kappa shape index (κ3) is 3.71. The van der Waals surface area contributed by atoms with E-state index in [0.29, 0.717) is 4.90 Å². The van der Waals surface area contributed by atoms with Crippen molar-refractivity contribution < 1.29 is 22.8 Å². The molecule has 0 aliphatic rings. The third-order valence-electron chi connectivity index (χ3n) is 2.53. The average Bonchev–Trinajstić information content (AvgIpc) is 2.89. The predicted octanol–water partition coefficient (Wildman–Crippen LogP) is 0.718. The van der Waals surface area contributed by atoms with Gasteiger partial charge in [0.2, 0.25) is 0 Å². The fourth-order valence-corrected chi connectivity index (χ4v) is 4.09. The van der Waals surface area contributed by atoms with Crippen LogP contribution in [0.15, 0.2) is 23.2 Å². The van der Waals surface area contributed by atoms with E-state index < -0.39 is 24.2 Å². The number of thioether (sulfide) groups is 1. The summed E-state index contributed by atoms with van der Waals surface area (Å²) >= 11 is 2.35. The molecule has 0 saturated carbocycles. The van der Waals surface area contributed by atoms with Gasteiger partial charge in [-0.15, -0.1) is 0 Å². The molecule has 2 amide bonds. The van der Waals surface area contributed by atoms with E-state index in [-0.39, 0.29) is 11.1 Å². The summed E-state index contributed by atoms with van der Waals surface area (Å²) in [6, 6.07) is 2.87. The van der Waals surface area contributed by atoms with Crippen molar-refractivity contribution in [2.45, 2.75) is 11.3 Å². The van der Waals surface area contributed by atoms with Crippen LogP contribution in [0.5, 0.6) is 0 Å². The Morgan fingerprint density at radius 1 is 1.36 bits per heavy atom. The molecular weight excluding hydrogens is 516 g/mol. The average molecular weight is 524 g/mol. The van der Waals surface area contributed by atoms with E-state index in [1.54, 1.807) is 11.5 Å². The molecule has 22 heavy (non-hydrogen) atoms. The molecule has 6 nitrogen and oxygen atoms in total. The fourth-order valence-electron chi connectivity index (χ4n) is 1.60. The first-order chi connectivity index (χ1) is 10.4. The predicted molar refractivity (Wildman–Crippen MR) is 73.2 cm³/mol. The molecular formula is C11H8F3N4O2PbS. The van der Waals surface area contributed by atoms with Crippen LogP contribution in [-0.2, 0) is 4.79 Å². The first kappa shape index (κ1) is 17.1. The summed E-state index contributed by atoms with van der Waals surface area (Å²) in [7, 11) is 0. The molecule has 2 heterocycles. The van der Waals surface area contributed by atoms with E-state index in [9.17, 15) is 22.8 Å². The zero-order chi connectivity index (χ0) is 16.3. The van der Waals surface area contributed by atoms with Crippen molar-refractivity contribution in [3.05, 3.63) is 29.8 Å². The number of pyridine rings is 1. The van der Waals surface area contributed by atoms with Gasteiger partial charge in [0.25, 0.3) is 0 Å². The van der Waals surface area contributed by atoms with Gasteiger partial charge in [-0.1, -0.05) is 0 Å². The molecule has 2 rings (SSSR count). The number of halogens is 3. The molecule has 0 spiro atoms. The van der Waals surface area contributed by atoms with Crippen LogP contribution in [-0.4, -0.2) is 56.9 Å². The van der Waals surface area contributed by atoms with Crippen molar-refractivity contribution in [3.8, 4) is 0 Å². The van der Waals surface area contributed by atoms with E-state index in [1.165, 1.54) is 17.8 Å². The normalized spacial score (nSPS) is 11.0. The maximum absolute atomic E-state index is 13.9. The number of rotatable bonds is 4. The van der Waals surface area contributed by atoms with Gasteiger partial charge in [-0.25, -0.2) is 0 Å². The number of nitrogens with zero attached hydrogens (tertiary/aromatic N) is 2. The van der Waals surface area contributed by atoms with E-state index in [1.807, 2.05) is 5.43 Å². The van der Waals surface area contributed by atoms with Crippen LogP contribution < -0.4 is 10.9 Å². The quantitative estimate of drug-likeness (QED) is 0.268. The molecule has 0 fully saturated rings. The van der Waals surface area contributed by atoms with Crippen LogP contribution in [0, 0.1) is 5.95 Å². The van der Waals surface area contributed by atoms with E-state index in [0.717, 1.165) is 39.8 Å². The summed E-state index contributed by atoms with van der Waals surface area (Å²) in [6.45, 7) is 0. The zero-order valence-corrected chi connectivity index (χ0v) is 15.5. The Hall–Kier alpha value is -1.31. The van der Waals surface area contributed by atoms with E-state index >= 15 is 0 Å². The van der Waals surface area contributed by atoms with Crippen LogP contribution in [0.25, 0.3) is 5.52 Å². The van der Waals surface area contributed by atoms with Gasteiger partial charge in [0.1, 0.15) is 0 Å². The molecule has 0 aliphatic heterocycles. The molecule has 0 bridgehead atoms. The van der Waals surface area contributed by atoms with Crippen LogP contribution in [0.2, 0.25) is 0 Å². The van der Waals surface area contributed by atoms with Crippen molar-refractivity contribution in [1.82, 2.24) is 20.5 Å². The molecule has 2 aromatic heterocycles. The monoisotopic (exact) mass is 525 g/mol. The zero-order valence-electron chi connectivity index (χ0n) is 10.8. The minimum atomic E-state index is -3.25. The van der Waals surface area contributed by atoms with Crippen LogP contribution >= 0.6 is 11.8 Å². The van der Waals surface area contributed by atoms with E-state index in [2.05, 4.69) is 5.10 Å². The Kier molecular flexibility index (Phi) is 5.66. The molecule has 0 aromatic carbocycles. The van der Waals surface area contributed by atoms with E-state index in [4.69, 9.17) is 0 Å². The number of carbonyl (C=O) groups excluding carboxylic acids is 2. The minimum absolute atomic E-state index is 0.0377. The Balaban J connectivity index is 2.27. The van der Waals surface area contributed by atoms with Gasteiger partial charge in [-0.3, -0.25) is 0 Å². The summed E-state index contributed by atoms with van der Waals surface area (Å²) in [4.78, 5) is 23.2. The third-order valence-corrected chi connectivity index (χ3v) is 4.93. The standard InChI is InChI=1S/C11H8F3N4O2S.Pb/c1-21-5-2-7-6(4-15-18(7)8(12)3-5)10(19)16-17-11(20)9(13)14;/h2-4,9H,1H2,(H,16,19)(H,17,20);. The van der Waals surface area contributed by atoms with Crippen LogP contribution in [0.4, 0.5) is 13.2 Å². The van der Waals surface area contributed by atoms with Gasteiger partial charge in [0, 0.05) is 0 Å². The number of nitrogens with one attached hydrogen (secondary N) is 2. The summed E-state index contributed by atoms with van der Waals surface area (Å²) in [6.07, 6.45) is -2.16. The van der Waals surface area contributed by atoms with Crippen molar-refractivity contribution in [2.75, 3.05) is 3.31 Å². The number of alkyl halides is 2. The van der Waals surface area contributed by atoms with Crippen molar-refractivity contribution >= 4 is 54.9 Å².